The van der Waals surface area contributed by atoms with E-state index in [1.807, 2.05) is 23.1 Å². The highest BCUT2D eigenvalue weighted by Crippen LogP contribution is 2.11. The van der Waals surface area contributed by atoms with E-state index in [1.165, 1.54) is 5.56 Å². The normalized spacial score (nSPS) is 19.7. The molecule has 1 saturated heterocycles. The number of morpholine rings is 1. The van der Waals surface area contributed by atoms with Crippen LogP contribution in [0.1, 0.15) is 26.3 Å². The molecule has 1 aliphatic heterocycles. The summed E-state index contributed by atoms with van der Waals surface area (Å²) >= 11 is 0. The number of rotatable bonds is 5. The van der Waals surface area contributed by atoms with Crippen LogP contribution in [0.5, 0.6) is 0 Å². The molecular weight excluding hydrogens is 264 g/mol. The Labute approximate surface area is 127 Å². The maximum atomic E-state index is 12.6. The minimum absolute atomic E-state index is 0.197. The molecule has 0 N–H and O–H groups in total. The molecule has 0 spiro atoms. The van der Waals surface area contributed by atoms with Crippen LogP contribution in [0.25, 0.3) is 0 Å². The van der Waals surface area contributed by atoms with Gasteiger partial charge in [-0.15, -0.1) is 0 Å². The Balaban J connectivity index is 1.95. The van der Waals surface area contributed by atoms with Gasteiger partial charge < -0.3 is 9.64 Å². The number of ether oxygens (including phenoxy) is 1. The van der Waals surface area contributed by atoms with Crippen molar-refractivity contribution in [2.75, 3.05) is 26.2 Å². The van der Waals surface area contributed by atoms with Crippen molar-refractivity contribution in [3.05, 3.63) is 35.9 Å². The van der Waals surface area contributed by atoms with Gasteiger partial charge in [-0.1, -0.05) is 30.3 Å². The summed E-state index contributed by atoms with van der Waals surface area (Å²) in [5, 5.41) is 0. The van der Waals surface area contributed by atoms with Gasteiger partial charge in [0.05, 0.1) is 19.3 Å². The van der Waals surface area contributed by atoms with Crippen LogP contribution >= 0.6 is 0 Å². The van der Waals surface area contributed by atoms with Crippen LogP contribution in [-0.4, -0.2) is 54.1 Å². The summed E-state index contributed by atoms with van der Waals surface area (Å²) in [4.78, 5) is 16.8. The third kappa shape index (κ3) is 4.83. The number of hydrogen-bond donors (Lipinski definition) is 0. The molecular formula is C17H26N2O2. The van der Waals surface area contributed by atoms with Crippen molar-refractivity contribution >= 4 is 5.91 Å². The molecule has 1 unspecified atom stereocenters. The van der Waals surface area contributed by atoms with E-state index >= 15 is 0 Å². The van der Waals surface area contributed by atoms with Crippen LogP contribution in [-0.2, 0) is 16.1 Å². The summed E-state index contributed by atoms with van der Waals surface area (Å²) in [5.74, 6) is 0.197. The van der Waals surface area contributed by atoms with E-state index in [0.717, 1.165) is 19.7 Å². The van der Waals surface area contributed by atoms with Crippen LogP contribution in [0.4, 0.5) is 0 Å². The Morgan fingerprint density at radius 2 is 2.10 bits per heavy atom. The molecule has 1 amide bonds. The molecule has 1 aromatic rings. The molecule has 1 fully saturated rings. The van der Waals surface area contributed by atoms with Gasteiger partial charge >= 0.3 is 0 Å². The van der Waals surface area contributed by atoms with Crippen LogP contribution in [0.15, 0.2) is 30.3 Å². The van der Waals surface area contributed by atoms with Crippen molar-refractivity contribution < 1.29 is 9.53 Å². The third-order valence-electron chi connectivity index (χ3n) is 3.82. The lowest BCUT2D eigenvalue weighted by Crippen LogP contribution is -2.48. The summed E-state index contributed by atoms with van der Waals surface area (Å²) in [7, 11) is 0. The van der Waals surface area contributed by atoms with E-state index in [4.69, 9.17) is 4.74 Å². The first-order chi connectivity index (χ1) is 10.1. The smallest absolute Gasteiger partial charge is 0.237 e. The highest BCUT2D eigenvalue weighted by Gasteiger charge is 2.23. The SMILES string of the molecule is CC1CN(CC(=O)N(Cc2ccccc2)C(C)C)CCO1. The van der Waals surface area contributed by atoms with Gasteiger partial charge in [0.15, 0.2) is 0 Å². The molecule has 21 heavy (non-hydrogen) atoms. The molecule has 0 saturated carbocycles. The second kappa shape index (κ2) is 7.57. The van der Waals surface area contributed by atoms with Crippen molar-refractivity contribution in [1.82, 2.24) is 9.80 Å². The van der Waals surface area contributed by atoms with Crippen LogP contribution < -0.4 is 0 Å². The molecule has 2 rings (SSSR count). The van der Waals surface area contributed by atoms with Gasteiger partial charge in [0, 0.05) is 25.7 Å². The van der Waals surface area contributed by atoms with Gasteiger partial charge in [-0.05, 0) is 26.3 Å². The second-order valence-corrected chi connectivity index (χ2v) is 6.02. The van der Waals surface area contributed by atoms with Gasteiger partial charge in [-0.3, -0.25) is 9.69 Å². The lowest BCUT2D eigenvalue weighted by atomic mass is 10.2. The predicted octanol–water partition coefficient (Wildman–Crippen LogP) is 2.14. The van der Waals surface area contributed by atoms with Crippen molar-refractivity contribution in [2.45, 2.75) is 39.5 Å². The number of amides is 1. The molecule has 4 nitrogen and oxygen atoms in total. The molecule has 1 heterocycles. The van der Waals surface area contributed by atoms with Crippen molar-refractivity contribution in [2.24, 2.45) is 0 Å². The van der Waals surface area contributed by atoms with Gasteiger partial charge in [0.25, 0.3) is 0 Å². The minimum atomic E-state index is 0.197. The molecule has 1 aromatic carbocycles. The number of benzene rings is 1. The molecule has 0 aliphatic carbocycles. The molecule has 0 radical (unpaired) electrons. The average molecular weight is 290 g/mol. The lowest BCUT2D eigenvalue weighted by molar-refractivity contribution is -0.136. The predicted molar refractivity (Wildman–Crippen MR) is 84.0 cm³/mol. The van der Waals surface area contributed by atoms with Gasteiger partial charge in [-0.2, -0.15) is 0 Å². The molecule has 0 bridgehead atoms. The second-order valence-electron chi connectivity index (χ2n) is 6.02. The summed E-state index contributed by atoms with van der Waals surface area (Å²) in [6.45, 7) is 9.76. The number of carbonyl (C=O) groups is 1. The van der Waals surface area contributed by atoms with E-state index in [-0.39, 0.29) is 18.1 Å². The van der Waals surface area contributed by atoms with Crippen molar-refractivity contribution in [3.8, 4) is 0 Å². The number of nitrogens with zero attached hydrogens (tertiary/aromatic N) is 2. The van der Waals surface area contributed by atoms with Crippen molar-refractivity contribution in [1.29, 1.82) is 0 Å². The summed E-state index contributed by atoms with van der Waals surface area (Å²) in [5.41, 5.74) is 1.18. The zero-order chi connectivity index (χ0) is 15.2. The Kier molecular flexibility index (Phi) is 5.76. The Hall–Kier alpha value is -1.39. The summed E-state index contributed by atoms with van der Waals surface area (Å²) in [6, 6.07) is 10.4. The Morgan fingerprint density at radius 1 is 1.38 bits per heavy atom. The highest BCUT2D eigenvalue weighted by atomic mass is 16.5. The quantitative estimate of drug-likeness (QED) is 0.833. The Morgan fingerprint density at radius 3 is 2.71 bits per heavy atom. The average Bonchev–Trinajstić information content (AvgIpc) is 2.45. The first kappa shape index (κ1) is 16.0. The zero-order valence-corrected chi connectivity index (χ0v) is 13.3. The fourth-order valence-electron chi connectivity index (χ4n) is 2.66. The molecule has 1 aliphatic rings. The fraction of sp³-hybridized carbons (Fsp3) is 0.588. The summed E-state index contributed by atoms with van der Waals surface area (Å²) in [6.07, 6.45) is 0.216. The van der Waals surface area contributed by atoms with E-state index in [1.54, 1.807) is 0 Å². The van der Waals surface area contributed by atoms with E-state index in [2.05, 4.69) is 37.8 Å². The highest BCUT2D eigenvalue weighted by molar-refractivity contribution is 5.78. The van der Waals surface area contributed by atoms with Crippen LogP contribution in [0.2, 0.25) is 0 Å². The third-order valence-corrected chi connectivity index (χ3v) is 3.82. The summed E-state index contributed by atoms with van der Waals surface area (Å²) < 4.78 is 5.53. The topological polar surface area (TPSA) is 32.8 Å². The molecule has 1 atom stereocenters. The monoisotopic (exact) mass is 290 g/mol. The molecule has 0 aromatic heterocycles. The van der Waals surface area contributed by atoms with Gasteiger partial charge in [-0.25, -0.2) is 0 Å². The van der Waals surface area contributed by atoms with Crippen molar-refractivity contribution in [3.63, 3.8) is 0 Å². The largest absolute Gasteiger partial charge is 0.376 e. The van der Waals surface area contributed by atoms with Crippen LogP contribution in [0.3, 0.4) is 0 Å². The standard InChI is InChI=1S/C17H26N2O2/c1-14(2)19(12-16-7-5-4-6-8-16)17(20)13-18-9-10-21-15(3)11-18/h4-8,14-15H,9-13H2,1-3H3. The first-order valence-corrected chi connectivity index (χ1v) is 7.73. The lowest BCUT2D eigenvalue weighted by Gasteiger charge is -2.34. The van der Waals surface area contributed by atoms with E-state index in [9.17, 15) is 4.79 Å². The van der Waals surface area contributed by atoms with E-state index in [0.29, 0.717) is 13.1 Å². The maximum absolute atomic E-state index is 12.6. The van der Waals surface area contributed by atoms with Gasteiger partial charge in [0.2, 0.25) is 5.91 Å². The maximum Gasteiger partial charge on any atom is 0.237 e. The minimum Gasteiger partial charge on any atom is -0.376 e. The molecule has 116 valence electrons. The van der Waals surface area contributed by atoms with Crippen LogP contribution in [0, 0.1) is 0 Å². The Bertz CT molecular complexity index is 447. The van der Waals surface area contributed by atoms with E-state index < -0.39 is 0 Å². The fourth-order valence-corrected chi connectivity index (χ4v) is 2.66. The molecule has 4 heteroatoms. The number of carbonyl (C=O) groups excluding carboxylic acids is 1. The van der Waals surface area contributed by atoms with Gasteiger partial charge in [0.1, 0.15) is 0 Å². The first-order valence-electron chi connectivity index (χ1n) is 7.73. The number of hydrogen-bond acceptors (Lipinski definition) is 3. The zero-order valence-electron chi connectivity index (χ0n) is 13.3.